The Balaban J connectivity index is 0.000000358. The van der Waals surface area contributed by atoms with Crippen LogP contribution in [0.15, 0.2) is 182 Å². The van der Waals surface area contributed by atoms with Crippen molar-refractivity contribution in [1.82, 2.24) is 5.32 Å². The van der Waals surface area contributed by atoms with Crippen LogP contribution in [-0.4, -0.2) is 33.1 Å². The number of rotatable bonds is 12. The Kier molecular flexibility index (Phi) is 29.3. The first-order valence-corrected chi connectivity index (χ1v) is 26.2. The van der Waals surface area contributed by atoms with Gasteiger partial charge in [0.2, 0.25) is 5.97 Å². The topological polar surface area (TPSA) is 126 Å². The normalized spacial score (nSPS) is 12.5. The zero-order valence-electron chi connectivity index (χ0n) is 49.3. The number of carbonyl (C=O) groups excluding carboxylic acids is 3. The minimum Gasteiger partial charge on any atom is -0.793 e. The third kappa shape index (κ3) is 24.6. The van der Waals surface area contributed by atoms with Crippen molar-refractivity contribution in [1.29, 1.82) is 0 Å². The predicted molar refractivity (Wildman–Crippen MR) is 299 cm³/mol. The van der Waals surface area contributed by atoms with Crippen molar-refractivity contribution >= 4 is 26.0 Å². The van der Waals surface area contributed by atoms with Gasteiger partial charge in [0, 0.05) is 27.3 Å². The van der Waals surface area contributed by atoms with E-state index in [1.54, 1.807) is 60.7 Å². The molecule has 29 heteroatoms. The summed E-state index contributed by atoms with van der Waals surface area (Å²) in [4.78, 5) is 36.8. The largest absolute Gasteiger partial charge is 1.00 e. The molecule has 0 amide bonds. The van der Waals surface area contributed by atoms with Gasteiger partial charge in [-0.1, -0.05) is 91.0 Å². The number of hydrogen-bond acceptors (Lipinski definition) is 9. The van der Waals surface area contributed by atoms with Crippen LogP contribution >= 0.6 is 0 Å². The van der Waals surface area contributed by atoms with E-state index < -0.39 is 111 Å². The minimum absolute atomic E-state index is 0. The average molecular weight is 1340 g/mol. The first-order valence-electron chi connectivity index (χ1n) is 26.2. The number of methoxy groups -OCH3 is 1. The smallest absolute Gasteiger partial charge is 0.793 e. The SMILES string of the molecule is CC(=O)OOC(C)=O.COc1ccc(F)c(C(F)(F)F)c1.Fc1ccc([C@@](Cc2ccccc2)(NCc2ccc(F)c(C(F)(F)F)c2)c2cc(F)cc(C(F)(F)F)c2)cc1.N[C@](Cc1ccccc1)(c1ccc(F)cc1)c1cc(F)cc(C(F)(F)F)c1.[B-]OC(C)=O.[Na+]. The van der Waals surface area contributed by atoms with E-state index in [2.05, 4.69) is 32.5 Å². The molecular weight excluding hydrogens is 1280 g/mol. The molecule has 0 unspecified atom stereocenters. The molecule has 0 aliphatic carbocycles. The monoisotopic (exact) mass is 1340 g/mol. The second-order valence-electron chi connectivity index (χ2n) is 19.4. The molecule has 0 saturated heterocycles. The minimum atomic E-state index is -4.98. The Labute approximate surface area is 543 Å². The summed E-state index contributed by atoms with van der Waals surface area (Å²) in [5.74, 6) is -7.92. The van der Waals surface area contributed by atoms with Crippen molar-refractivity contribution in [2.75, 3.05) is 7.11 Å². The number of alkyl halides is 12. The van der Waals surface area contributed by atoms with Gasteiger partial charge in [-0.05, 0) is 143 Å². The summed E-state index contributed by atoms with van der Waals surface area (Å²) >= 11 is 0. The fraction of sp³-hybridized carbons (Fsp3) is 0.203. The molecule has 2 atom stereocenters. The van der Waals surface area contributed by atoms with Crippen LogP contribution in [0.4, 0.5) is 79.0 Å². The van der Waals surface area contributed by atoms with Crippen LogP contribution in [-0.2, 0) is 84.0 Å². The third-order valence-electron chi connectivity index (χ3n) is 12.6. The van der Waals surface area contributed by atoms with Gasteiger partial charge < -0.3 is 23.2 Å². The molecule has 0 fully saturated rings. The van der Waals surface area contributed by atoms with E-state index in [1.807, 2.05) is 0 Å². The molecule has 0 aliphatic rings. The third-order valence-corrected chi connectivity index (χ3v) is 12.6. The summed E-state index contributed by atoms with van der Waals surface area (Å²) < 4.78 is 247. The molecule has 8 aromatic rings. The molecule has 0 heterocycles. The quantitative estimate of drug-likeness (QED) is 0.0532. The molecule has 489 valence electrons. The van der Waals surface area contributed by atoms with E-state index in [-0.39, 0.29) is 76.9 Å². The summed E-state index contributed by atoms with van der Waals surface area (Å²) in [5, 5.41) is 3.01. The van der Waals surface area contributed by atoms with Gasteiger partial charge in [0.15, 0.2) is 0 Å². The van der Waals surface area contributed by atoms with Crippen molar-refractivity contribution in [2.45, 2.75) is 75.9 Å². The van der Waals surface area contributed by atoms with Crippen LogP contribution in [0.1, 0.15) is 82.0 Å². The van der Waals surface area contributed by atoms with Gasteiger partial charge in [0.25, 0.3) is 0 Å². The summed E-state index contributed by atoms with van der Waals surface area (Å²) in [6.07, 6.45) is -19.3. The molecule has 9 nitrogen and oxygen atoms in total. The molecule has 3 radical (unpaired) electrons. The number of nitrogens with one attached hydrogen (secondary N) is 1. The van der Waals surface area contributed by atoms with E-state index in [9.17, 15) is 93.4 Å². The maximum atomic E-state index is 14.6. The van der Waals surface area contributed by atoms with Gasteiger partial charge in [0.1, 0.15) is 40.7 Å². The summed E-state index contributed by atoms with van der Waals surface area (Å²) in [6.45, 7) is 3.14. The van der Waals surface area contributed by atoms with Gasteiger partial charge in [-0.25, -0.2) is 45.7 Å². The average Bonchev–Trinajstić information content (AvgIpc) is 0.778. The molecule has 0 saturated carbocycles. The molecule has 0 spiro atoms. The van der Waals surface area contributed by atoms with Crippen LogP contribution in [0, 0.1) is 34.9 Å². The Morgan fingerprint density at radius 3 is 1.22 bits per heavy atom. The van der Waals surface area contributed by atoms with Crippen molar-refractivity contribution < 1.29 is 142 Å². The van der Waals surface area contributed by atoms with E-state index in [0.717, 1.165) is 74.0 Å². The van der Waals surface area contributed by atoms with Crippen molar-refractivity contribution in [2.24, 2.45) is 5.73 Å². The fourth-order valence-electron chi connectivity index (χ4n) is 8.44. The van der Waals surface area contributed by atoms with Crippen molar-refractivity contribution in [3.8, 4) is 5.75 Å². The first kappa shape index (κ1) is 78.9. The zero-order chi connectivity index (χ0) is 69.0. The summed E-state index contributed by atoms with van der Waals surface area (Å²) in [6, 6.07) is 36.2. The van der Waals surface area contributed by atoms with E-state index in [1.165, 1.54) is 50.4 Å². The molecule has 0 bridgehead atoms. The predicted octanol–water partition coefficient (Wildman–Crippen LogP) is 13.4. The second-order valence-corrected chi connectivity index (χ2v) is 19.4. The van der Waals surface area contributed by atoms with Crippen LogP contribution in [0.25, 0.3) is 0 Å². The summed E-state index contributed by atoms with van der Waals surface area (Å²) in [7, 11) is 5.54. The Morgan fingerprint density at radius 2 is 0.806 bits per heavy atom. The van der Waals surface area contributed by atoms with Crippen LogP contribution in [0.3, 0.4) is 0 Å². The molecule has 93 heavy (non-hydrogen) atoms. The van der Waals surface area contributed by atoms with Crippen LogP contribution in [0.2, 0.25) is 0 Å². The molecular formula is C64H51BF18N2NaO7. The standard InChI is InChI=1S/C29H20F9N.C21H16F5N.C8H6F4O.C4H6O4.C2H3BO2.Na/c30-23-9-7-20(8-10-23)27(16-18-4-2-1-3-5-18,21-13-22(28(33,34)35)15-24(31)14-21)39-17-19-6-11-26(32)25(12-19)29(36,37)38;22-18-8-6-15(7-9-18)20(27,13-14-4-2-1-3-5-14)16-10-17(21(24,25)26)12-19(23)11-16;1-13-5-2-3-7(9)6(4-5)8(10,11)12;1-3(5)7-8-4(2)6;1-2(4)5-3;/h1-15,39H,16-17H2;1-12H,13,27H2;2-4H,1H3;1-2H3;1H3;/q;;;;-1;+1/t27-;20-;;;;/m11..../s1. The zero-order valence-corrected chi connectivity index (χ0v) is 51.3. The molecule has 3 N–H and O–H groups in total. The van der Waals surface area contributed by atoms with Gasteiger partial charge in [-0.3, -0.25) is 10.1 Å². The van der Waals surface area contributed by atoms with Crippen molar-refractivity contribution in [3.63, 3.8) is 0 Å². The Morgan fingerprint density at radius 1 is 0.419 bits per heavy atom. The number of hydrogen-bond donors (Lipinski definition) is 2. The Bertz CT molecular complexity index is 3700. The number of ether oxygens (including phenoxy) is 1. The fourth-order valence-corrected chi connectivity index (χ4v) is 8.44. The van der Waals surface area contributed by atoms with Crippen molar-refractivity contribution in [3.05, 3.63) is 278 Å². The maximum absolute atomic E-state index is 14.6. The molecule has 8 rings (SSSR count). The number of halogens is 18. The maximum Gasteiger partial charge on any atom is 1.00 e. The van der Waals surface area contributed by atoms with Gasteiger partial charge in [0.05, 0.1) is 40.4 Å². The Hall–Kier alpha value is -8.31. The van der Waals surface area contributed by atoms with E-state index >= 15 is 0 Å². The number of benzene rings is 8. The van der Waals surface area contributed by atoms with Crippen LogP contribution in [0.5, 0.6) is 5.75 Å². The van der Waals surface area contributed by atoms with E-state index in [0.29, 0.717) is 41.5 Å². The molecule has 0 aliphatic heterocycles. The summed E-state index contributed by atoms with van der Waals surface area (Å²) in [5.41, 5.74) is -0.145. The first-order chi connectivity index (χ1) is 42.8. The van der Waals surface area contributed by atoms with Crippen LogP contribution < -0.4 is 45.3 Å². The van der Waals surface area contributed by atoms with Gasteiger partial charge in [-0.2, -0.15) is 52.7 Å². The van der Waals surface area contributed by atoms with E-state index in [4.69, 9.17) is 5.73 Å². The molecule has 8 aromatic carbocycles. The molecule has 0 aromatic heterocycles. The van der Waals surface area contributed by atoms with Gasteiger partial charge in [-0.15, -0.1) is 0 Å². The second kappa shape index (κ2) is 34.6. The number of nitrogens with two attached hydrogens (primary N) is 1. The van der Waals surface area contributed by atoms with Gasteiger partial charge >= 0.3 is 66.2 Å². The number of carbonyl (C=O) groups is 3.